The zero-order valence-electron chi connectivity index (χ0n) is 15.7. The van der Waals surface area contributed by atoms with E-state index in [4.69, 9.17) is 4.43 Å². The average molecular weight is 370 g/mol. The predicted molar refractivity (Wildman–Crippen MR) is 109 cm³/mol. The fourth-order valence-corrected chi connectivity index (χ4v) is 7.95. The Morgan fingerprint density at radius 2 is 1.50 bits per heavy atom. The molecule has 0 N–H and O–H groups in total. The van der Waals surface area contributed by atoms with E-state index in [9.17, 15) is 10.1 Å². The zero-order valence-corrected chi connectivity index (χ0v) is 16.7. The maximum absolute atomic E-state index is 10.4. The molecule has 0 radical (unpaired) electrons. The van der Waals surface area contributed by atoms with Gasteiger partial charge in [0.1, 0.15) is 0 Å². The second kappa shape index (κ2) is 8.92. The second-order valence-corrected chi connectivity index (χ2v) is 11.6. The van der Waals surface area contributed by atoms with Crippen LogP contribution in [-0.4, -0.2) is 19.8 Å². The van der Waals surface area contributed by atoms with E-state index in [1.807, 2.05) is 12.1 Å². The Kier molecular flexibility index (Phi) is 6.88. The van der Waals surface area contributed by atoms with Crippen LogP contribution in [0.25, 0.3) is 0 Å². The van der Waals surface area contributed by atoms with Gasteiger partial charge >= 0.3 is 0 Å². The third-order valence-corrected chi connectivity index (χ3v) is 9.52. The van der Waals surface area contributed by atoms with Crippen molar-refractivity contribution in [2.24, 2.45) is 0 Å². The summed E-state index contributed by atoms with van der Waals surface area (Å²) < 4.78 is 6.71. The minimum absolute atomic E-state index is 0.0492. The van der Waals surface area contributed by atoms with Gasteiger partial charge in [0.25, 0.3) is 8.32 Å². The van der Waals surface area contributed by atoms with Crippen molar-refractivity contribution < 1.29 is 9.35 Å². The number of rotatable bonds is 8. The van der Waals surface area contributed by atoms with Crippen LogP contribution in [0.5, 0.6) is 0 Å². The van der Waals surface area contributed by atoms with Crippen LogP contribution < -0.4 is 10.4 Å². The largest absolute Gasteiger partial charge is 0.407 e. The molecule has 0 aliphatic rings. The first-order valence-corrected chi connectivity index (χ1v) is 10.8. The Balaban J connectivity index is 2.33. The van der Waals surface area contributed by atoms with Crippen LogP contribution >= 0.6 is 0 Å². The molecule has 0 bridgehead atoms. The molecule has 0 aliphatic carbocycles. The van der Waals surface area contributed by atoms with Crippen LogP contribution in [-0.2, 0) is 4.43 Å². The van der Waals surface area contributed by atoms with Gasteiger partial charge in [0.05, 0.1) is 4.92 Å². The van der Waals surface area contributed by atoms with Gasteiger partial charge in [-0.3, -0.25) is 10.1 Å². The fourth-order valence-electron chi connectivity index (χ4n) is 3.35. The molecule has 0 aliphatic heterocycles. The van der Waals surface area contributed by atoms with E-state index in [-0.39, 0.29) is 5.04 Å². The normalized spacial score (nSPS) is 12.4. The number of hydrogen-bond acceptors (Lipinski definition) is 3. The van der Waals surface area contributed by atoms with E-state index >= 15 is 0 Å². The predicted octanol–water partition coefficient (Wildman–Crippen LogP) is 4.13. The summed E-state index contributed by atoms with van der Waals surface area (Å²) in [6.45, 7) is 7.30. The molecule has 2 aromatic rings. The Hall–Kier alpha value is -2.24. The highest BCUT2D eigenvalue weighted by Crippen LogP contribution is 2.36. The molecule has 0 fully saturated rings. The van der Waals surface area contributed by atoms with Gasteiger partial charge in [-0.25, -0.2) is 0 Å². The van der Waals surface area contributed by atoms with Crippen molar-refractivity contribution in [2.75, 3.05) is 6.61 Å². The number of nitro groups is 1. The van der Waals surface area contributed by atoms with E-state index < -0.39 is 13.2 Å². The third-order valence-electron chi connectivity index (χ3n) is 4.48. The summed E-state index contributed by atoms with van der Waals surface area (Å²) in [5.74, 6) is 0. The van der Waals surface area contributed by atoms with Gasteiger partial charge in [-0.2, -0.15) is 0 Å². The molecule has 0 atom stereocenters. The van der Waals surface area contributed by atoms with E-state index in [1.165, 1.54) is 10.4 Å². The molecule has 0 amide bonds. The van der Waals surface area contributed by atoms with Gasteiger partial charge in [0.2, 0.25) is 6.20 Å². The molecular weight excluding hydrogens is 342 g/mol. The molecular formula is C21H27NO3Si. The van der Waals surface area contributed by atoms with Gasteiger partial charge in [0.15, 0.2) is 0 Å². The van der Waals surface area contributed by atoms with E-state index in [2.05, 4.69) is 69.3 Å². The Labute approximate surface area is 156 Å². The third kappa shape index (κ3) is 4.68. The molecule has 26 heavy (non-hydrogen) atoms. The standard InChI is InChI=1S/C21H27NO3Si/c1-21(2,3)26(19-13-7-4-8-14-19,20-15-9-5-10-16-20)25-18-12-6-11-17-22(23)24/h4-5,7-11,13-17H,6,12,18H2,1-3H3/b17-11+. The van der Waals surface area contributed by atoms with Crippen LogP contribution in [0.2, 0.25) is 5.04 Å². The second-order valence-electron chi connectivity index (χ2n) is 7.32. The summed E-state index contributed by atoms with van der Waals surface area (Å²) >= 11 is 0. The highest BCUT2D eigenvalue weighted by atomic mass is 28.4. The highest BCUT2D eigenvalue weighted by molar-refractivity contribution is 6.99. The molecule has 0 saturated heterocycles. The van der Waals surface area contributed by atoms with Crippen LogP contribution in [0, 0.1) is 10.1 Å². The fraction of sp³-hybridized carbons (Fsp3) is 0.333. The summed E-state index contributed by atoms with van der Waals surface area (Å²) in [5, 5.41) is 12.8. The first-order chi connectivity index (χ1) is 12.4. The maximum atomic E-state index is 10.4. The van der Waals surface area contributed by atoms with E-state index in [1.54, 1.807) is 6.08 Å². The van der Waals surface area contributed by atoms with E-state index in [0.717, 1.165) is 12.6 Å². The van der Waals surface area contributed by atoms with Crippen molar-refractivity contribution in [2.45, 2.75) is 38.7 Å². The van der Waals surface area contributed by atoms with Gasteiger partial charge in [-0.15, -0.1) is 0 Å². The zero-order chi connectivity index (χ0) is 19.0. The van der Waals surface area contributed by atoms with Crippen molar-refractivity contribution in [1.29, 1.82) is 0 Å². The highest BCUT2D eigenvalue weighted by Gasteiger charge is 2.49. The summed E-state index contributed by atoms with van der Waals surface area (Å²) in [4.78, 5) is 9.96. The number of unbranched alkanes of at least 4 members (excludes halogenated alkanes) is 1. The van der Waals surface area contributed by atoms with Gasteiger partial charge in [-0.1, -0.05) is 81.4 Å². The molecule has 0 heterocycles. The quantitative estimate of drug-likeness (QED) is 0.304. The van der Waals surface area contributed by atoms with Crippen LogP contribution in [0.3, 0.4) is 0 Å². The number of nitrogens with zero attached hydrogens (tertiary/aromatic N) is 1. The molecule has 138 valence electrons. The van der Waals surface area contributed by atoms with Crippen molar-refractivity contribution in [3.8, 4) is 0 Å². The molecule has 5 heteroatoms. The smallest absolute Gasteiger partial charge is 0.261 e. The summed E-state index contributed by atoms with van der Waals surface area (Å²) in [7, 11) is -2.49. The first kappa shape index (κ1) is 20.1. The lowest BCUT2D eigenvalue weighted by molar-refractivity contribution is -0.402. The van der Waals surface area contributed by atoms with Gasteiger partial charge in [-0.05, 0) is 34.3 Å². The van der Waals surface area contributed by atoms with Crippen LogP contribution in [0.1, 0.15) is 33.6 Å². The first-order valence-electron chi connectivity index (χ1n) is 8.93. The summed E-state index contributed by atoms with van der Waals surface area (Å²) in [6, 6.07) is 21.0. The van der Waals surface area contributed by atoms with Crippen molar-refractivity contribution in [3.05, 3.63) is 83.1 Å². The molecule has 2 aromatic carbocycles. The molecule has 0 aromatic heterocycles. The number of benzene rings is 2. The molecule has 4 nitrogen and oxygen atoms in total. The minimum Gasteiger partial charge on any atom is -0.407 e. The summed E-state index contributed by atoms with van der Waals surface area (Å²) in [5.41, 5.74) is 0. The number of allylic oxidation sites excluding steroid dienone is 1. The number of hydrogen-bond donors (Lipinski definition) is 0. The van der Waals surface area contributed by atoms with Crippen LogP contribution in [0.4, 0.5) is 0 Å². The maximum Gasteiger partial charge on any atom is 0.261 e. The van der Waals surface area contributed by atoms with Crippen molar-refractivity contribution in [1.82, 2.24) is 0 Å². The van der Waals surface area contributed by atoms with Crippen molar-refractivity contribution >= 4 is 18.7 Å². The Morgan fingerprint density at radius 1 is 1.00 bits per heavy atom. The Bertz CT molecular complexity index is 684. The molecule has 2 rings (SSSR count). The lowest BCUT2D eigenvalue weighted by Crippen LogP contribution is -2.66. The minimum atomic E-state index is -2.49. The molecule has 0 saturated carbocycles. The molecule has 0 unspecified atom stereocenters. The summed E-state index contributed by atoms with van der Waals surface area (Å²) in [6.07, 6.45) is 3.99. The Morgan fingerprint density at radius 3 is 1.92 bits per heavy atom. The lowest BCUT2D eigenvalue weighted by Gasteiger charge is -2.43. The van der Waals surface area contributed by atoms with E-state index in [0.29, 0.717) is 13.0 Å². The molecule has 0 spiro atoms. The van der Waals surface area contributed by atoms with Crippen molar-refractivity contribution in [3.63, 3.8) is 0 Å². The monoisotopic (exact) mass is 369 g/mol. The lowest BCUT2D eigenvalue weighted by atomic mass is 10.2. The average Bonchev–Trinajstić information content (AvgIpc) is 2.61. The van der Waals surface area contributed by atoms with Gasteiger partial charge < -0.3 is 4.43 Å². The SMILES string of the molecule is CC(C)(C)[Si](OCCC/C=C/[N+](=O)[O-])(c1ccccc1)c1ccccc1. The van der Waals surface area contributed by atoms with Gasteiger partial charge in [0, 0.05) is 6.61 Å². The van der Waals surface area contributed by atoms with Crippen LogP contribution in [0.15, 0.2) is 72.9 Å². The topological polar surface area (TPSA) is 52.4 Å².